The number of methoxy groups -OCH3 is 1. The van der Waals surface area contributed by atoms with Gasteiger partial charge in [0, 0.05) is 29.0 Å². The zero-order valence-electron chi connectivity index (χ0n) is 18.3. The summed E-state index contributed by atoms with van der Waals surface area (Å²) in [6.45, 7) is 2.07. The zero-order valence-corrected chi connectivity index (χ0v) is 26.2. The topological polar surface area (TPSA) is 65.7 Å². The molecule has 0 bridgehead atoms. The van der Waals surface area contributed by atoms with Gasteiger partial charge in [0.05, 0.1) is 28.7 Å². The van der Waals surface area contributed by atoms with E-state index >= 15 is 0 Å². The molecule has 0 atom stereocenters. The minimum absolute atomic E-state index is 0.257. The third-order valence-electron chi connectivity index (χ3n) is 5.05. The molecular weight excluding hydrogens is 778 g/mol. The minimum atomic E-state index is -0.257. The van der Waals surface area contributed by atoms with E-state index in [1.807, 2.05) is 24.3 Å². The van der Waals surface area contributed by atoms with Crippen molar-refractivity contribution in [3.63, 3.8) is 0 Å². The molecule has 0 amide bonds. The van der Waals surface area contributed by atoms with Crippen LogP contribution in [0.5, 0.6) is 11.5 Å². The molecule has 4 aromatic rings. The highest BCUT2D eigenvalue weighted by Crippen LogP contribution is 2.43. The summed E-state index contributed by atoms with van der Waals surface area (Å²) >= 11 is 17.6. The second-order valence-electron chi connectivity index (χ2n) is 7.33. The van der Waals surface area contributed by atoms with Crippen molar-refractivity contribution in [1.82, 2.24) is 9.66 Å². The third-order valence-corrected chi connectivity index (χ3v) is 8.91. The van der Waals surface area contributed by atoms with Gasteiger partial charge < -0.3 is 9.47 Å². The number of aromatic nitrogens is 2. The Kier molecular flexibility index (Phi) is 8.53. The number of nitrogens with zero attached hydrogens (tertiary/aromatic N) is 3. The number of hydrogen-bond acceptors (Lipinski definition) is 5. The summed E-state index contributed by atoms with van der Waals surface area (Å²) in [4.78, 5) is 17.5. The van der Waals surface area contributed by atoms with E-state index in [0.717, 1.165) is 19.0 Å². The Morgan fingerprint density at radius 1 is 1.00 bits per heavy atom. The van der Waals surface area contributed by atoms with Crippen LogP contribution in [-0.2, 0) is 6.61 Å². The molecule has 0 aliphatic rings. The number of rotatable bonds is 6. The van der Waals surface area contributed by atoms with Gasteiger partial charge in [-0.25, -0.2) is 4.98 Å². The van der Waals surface area contributed by atoms with Crippen molar-refractivity contribution < 1.29 is 9.47 Å². The first-order valence-corrected chi connectivity index (χ1v) is 14.0. The normalized spacial score (nSPS) is 11.4. The maximum Gasteiger partial charge on any atom is 0.282 e. The van der Waals surface area contributed by atoms with Crippen molar-refractivity contribution in [3.05, 3.63) is 92.1 Å². The Hall–Kier alpha value is -1.53. The lowest BCUT2D eigenvalue weighted by Gasteiger charge is -2.16. The first kappa shape index (κ1) is 26.5. The van der Waals surface area contributed by atoms with Crippen LogP contribution in [0.3, 0.4) is 0 Å². The number of fused-ring (bicyclic) bond motifs is 1. The second-order valence-corrected chi connectivity index (χ2v) is 11.6. The quantitative estimate of drug-likeness (QED) is 0.186. The Labute approximate surface area is 243 Å². The van der Waals surface area contributed by atoms with Gasteiger partial charge in [0.25, 0.3) is 5.56 Å². The Bertz CT molecular complexity index is 1540. The average Bonchev–Trinajstić information content (AvgIpc) is 2.82. The van der Waals surface area contributed by atoms with E-state index in [-0.39, 0.29) is 5.56 Å². The lowest BCUT2D eigenvalue weighted by molar-refractivity contribution is 0.281. The lowest BCUT2D eigenvalue weighted by atomic mass is 10.2. The zero-order chi connectivity index (χ0) is 25.3. The van der Waals surface area contributed by atoms with E-state index in [1.54, 1.807) is 38.4 Å². The van der Waals surface area contributed by atoms with Crippen LogP contribution in [0.15, 0.2) is 74.7 Å². The van der Waals surface area contributed by atoms with E-state index in [4.69, 9.17) is 9.47 Å². The summed E-state index contributed by atoms with van der Waals surface area (Å²) in [5, 5.41) is 4.89. The monoisotopic (exact) mass is 789 g/mol. The fourth-order valence-corrected chi connectivity index (χ4v) is 5.75. The Morgan fingerprint density at radius 3 is 2.43 bits per heavy atom. The molecule has 0 aliphatic heterocycles. The van der Waals surface area contributed by atoms with E-state index in [0.29, 0.717) is 49.3 Å². The molecule has 1 heterocycles. The molecule has 0 spiro atoms. The van der Waals surface area contributed by atoms with Crippen LogP contribution in [0.1, 0.15) is 17.0 Å². The molecule has 0 unspecified atom stereocenters. The molecule has 1 aromatic heterocycles. The number of halogens is 5. The van der Waals surface area contributed by atoms with Crippen LogP contribution >= 0.6 is 79.6 Å². The molecule has 6 nitrogen and oxygen atoms in total. The molecule has 180 valence electrons. The van der Waals surface area contributed by atoms with Crippen LogP contribution in [0.2, 0.25) is 0 Å². The highest BCUT2D eigenvalue weighted by Gasteiger charge is 2.17. The van der Waals surface area contributed by atoms with Gasteiger partial charge in [-0.3, -0.25) is 4.79 Å². The summed E-state index contributed by atoms with van der Waals surface area (Å²) in [6.07, 6.45) is 1.58. The predicted octanol–water partition coefficient (Wildman–Crippen LogP) is 7.99. The molecule has 0 aliphatic carbocycles. The van der Waals surface area contributed by atoms with Gasteiger partial charge >= 0.3 is 0 Å². The summed E-state index contributed by atoms with van der Waals surface area (Å²) in [5.41, 5.74) is 2.03. The first-order chi connectivity index (χ1) is 16.7. The third kappa shape index (κ3) is 5.74. The van der Waals surface area contributed by atoms with Crippen molar-refractivity contribution >= 4 is 96.8 Å². The molecule has 11 heteroatoms. The van der Waals surface area contributed by atoms with Crippen LogP contribution in [0.25, 0.3) is 10.9 Å². The van der Waals surface area contributed by atoms with E-state index < -0.39 is 0 Å². The van der Waals surface area contributed by atoms with Crippen molar-refractivity contribution in [1.29, 1.82) is 0 Å². The highest BCUT2D eigenvalue weighted by atomic mass is 79.9. The summed E-state index contributed by atoms with van der Waals surface area (Å²) in [7, 11) is 1.57. The van der Waals surface area contributed by atoms with Gasteiger partial charge in [0.1, 0.15) is 12.4 Å². The van der Waals surface area contributed by atoms with Gasteiger partial charge in [-0.05, 0) is 75.2 Å². The van der Waals surface area contributed by atoms with E-state index in [1.165, 1.54) is 4.68 Å². The van der Waals surface area contributed by atoms with Gasteiger partial charge in [-0.2, -0.15) is 9.78 Å². The smallest absolute Gasteiger partial charge is 0.282 e. The SMILES string of the molecule is COc1cc(C=Nn2c(C)nc3ccc(Br)cc3c2=O)c(Br)c(Br)c1OCc1ccc(Br)cc1Br. The van der Waals surface area contributed by atoms with Crippen LogP contribution in [0.4, 0.5) is 0 Å². The van der Waals surface area contributed by atoms with Crippen molar-refractivity contribution in [2.24, 2.45) is 5.10 Å². The van der Waals surface area contributed by atoms with Crippen molar-refractivity contribution in [3.8, 4) is 11.5 Å². The molecule has 0 fully saturated rings. The number of benzene rings is 3. The molecule has 35 heavy (non-hydrogen) atoms. The largest absolute Gasteiger partial charge is 0.493 e. The van der Waals surface area contributed by atoms with Gasteiger partial charge in [0.2, 0.25) is 0 Å². The summed E-state index contributed by atoms with van der Waals surface area (Å²) in [5.74, 6) is 1.53. The molecule has 3 aromatic carbocycles. The number of aryl methyl sites for hydroxylation is 1. The van der Waals surface area contributed by atoms with Gasteiger partial charge in [0.15, 0.2) is 11.5 Å². The Morgan fingerprint density at radius 2 is 1.71 bits per heavy atom. The van der Waals surface area contributed by atoms with Crippen LogP contribution < -0.4 is 15.0 Å². The standard InChI is InChI=1S/C24H16Br5N3O3/c1-12-31-19-6-5-15(25)8-17(19)24(33)32(12)30-10-14-7-20(34-2)23(22(29)21(14)28)35-11-13-3-4-16(26)9-18(13)27/h3-10H,11H2,1-2H3. The van der Waals surface area contributed by atoms with Crippen molar-refractivity contribution in [2.75, 3.05) is 7.11 Å². The fraction of sp³-hybridized carbons (Fsp3) is 0.125. The molecule has 0 saturated heterocycles. The van der Waals surface area contributed by atoms with Gasteiger partial charge in [-0.1, -0.05) is 53.9 Å². The molecular formula is C24H16Br5N3O3. The maximum atomic E-state index is 13.0. The number of ether oxygens (including phenoxy) is 2. The van der Waals surface area contributed by atoms with Crippen LogP contribution in [0, 0.1) is 6.92 Å². The predicted molar refractivity (Wildman–Crippen MR) is 156 cm³/mol. The minimum Gasteiger partial charge on any atom is -0.493 e. The van der Waals surface area contributed by atoms with Gasteiger partial charge in [-0.15, -0.1) is 0 Å². The number of hydrogen-bond donors (Lipinski definition) is 0. The fourth-order valence-electron chi connectivity index (χ4n) is 3.29. The highest BCUT2D eigenvalue weighted by molar-refractivity contribution is 9.13. The van der Waals surface area contributed by atoms with E-state index in [2.05, 4.69) is 89.7 Å². The molecule has 0 N–H and O–H groups in total. The van der Waals surface area contributed by atoms with E-state index in [9.17, 15) is 4.79 Å². The second kappa shape index (κ2) is 11.2. The Balaban J connectivity index is 1.69. The molecule has 0 saturated carbocycles. The lowest BCUT2D eigenvalue weighted by Crippen LogP contribution is -2.20. The first-order valence-electron chi connectivity index (χ1n) is 10.1. The maximum absolute atomic E-state index is 13.0. The van der Waals surface area contributed by atoms with Crippen molar-refractivity contribution in [2.45, 2.75) is 13.5 Å². The average molecular weight is 794 g/mol. The summed E-state index contributed by atoms with van der Waals surface area (Å²) in [6, 6.07) is 13.1. The molecule has 4 rings (SSSR count). The molecule has 0 radical (unpaired) electrons. The van der Waals surface area contributed by atoms with Crippen LogP contribution in [-0.4, -0.2) is 23.0 Å². The summed E-state index contributed by atoms with van der Waals surface area (Å²) < 4.78 is 17.0.